The van der Waals surface area contributed by atoms with Crippen molar-refractivity contribution in [3.63, 3.8) is 0 Å². The first-order chi connectivity index (χ1) is 9.38. The zero-order chi connectivity index (χ0) is 14.8. The molecule has 1 aliphatic rings. The number of nitrogens with zero attached hydrogens (tertiary/aromatic N) is 1. The fourth-order valence-corrected chi connectivity index (χ4v) is 2.08. The Kier molecular flexibility index (Phi) is 4.25. The first kappa shape index (κ1) is 14.7. The Morgan fingerprint density at radius 3 is 2.75 bits per heavy atom. The van der Waals surface area contributed by atoms with Crippen LogP contribution >= 0.6 is 0 Å². The molecule has 0 radical (unpaired) electrons. The minimum absolute atomic E-state index is 0.0842. The molecule has 0 spiro atoms. The summed E-state index contributed by atoms with van der Waals surface area (Å²) < 4.78 is 41.5. The van der Waals surface area contributed by atoms with Crippen molar-refractivity contribution in [1.82, 2.24) is 10.2 Å². The van der Waals surface area contributed by atoms with Crippen LogP contribution in [0.4, 0.5) is 18.0 Å². The predicted octanol–water partition coefficient (Wildman–Crippen LogP) is 3.47. The second kappa shape index (κ2) is 5.76. The highest BCUT2D eigenvalue weighted by atomic mass is 19.4. The molecule has 7 heteroatoms. The maximum Gasteiger partial charge on any atom is 0.390 e. The van der Waals surface area contributed by atoms with E-state index in [9.17, 15) is 18.0 Å². The van der Waals surface area contributed by atoms with Gasteiger partial charge in [-0.3, -0.25) is 0 Å². The van der Waals surface area contributed by atoms with Crippen LogP contribution in [-0.2, 0) is 0 Å². The van der Waals surface area contributed by atoms with Crippen LogP contribution in [0.5, 0.6) is 0 Å². The SMILES string of the molecule is C[C@@H](c1ccco1)N(C(=O)NCCC(F)(F)F)C1CC1. The zero-order valence-corrected chi connectivity index (χ0v) is 11.1. The third-order valence-electron chi connectivity index (χ3n) is 3.23. The highest BCUT2D eigenvalue weighted by Gasteiger charge is 2.37. The summed E-state index contributed by atoms with van der Waals surface area (Å²) in [5.74, 6) is 0.628. The van der Waals surface area contributed by atoms with Crippen molar-refractivity contribution >= 4 is 6.03 Å². The van der Waals surface area contributed by atoms with Crippen LogP contribution in [0.2, 0.25) is 0 Å². The first-order valence-corrected chi connectivity index (χ1v) is 6.55. The number of urea groups is 1. The number of nitrogens with one attached hydrogen (secondary N) is 1. The lowest BCUT2D eigenvalue weighted by Gasteiger charge is -2.28. The van der Waals surface area contributed by atoms with Crippen molar-refractivity contribution in [3.8, 4) is 0 Å². The molecule has 0 aromatic carbocycles. The summed E-state index contributed by atoms with van der Waals surface area (Å²) in [7, 11) is 0. The standard InChI is InChI=1S/C13H17F3N2O2/c1-9(11-3-2-8-20-11)18(10-4-5-10)12(19)17-7-6-13(14,15)16/h2-3,8-10H,4-7H2,1H3,(H,17,19)/t9-/m0/s1. The maximum atomic E-state index is 12.1. The molecule has 1 atom stereocenters. The Morgan fingerprint density at radius 1 is 1.55 bits per heavy atom. The van der Waals surface area contributed by atoms with Crippen molar-refractivity contribution in [2.24, 2.45) is 0 Å². The number of hydrogen-bond acceptors (Lipinski definition) is 2. The van der Waals surface area contributed by atoms with Gasteiger partial charge in [-0.1, -0.05) is 0 Å². The summed E-state index contributed by atoms with van der Waals surface area (Å²) in [6, 6.07) is 2.80. The Hall–Kier alpha value is -1.66. The molecule has 1 heterocycles. The Labute approximate surface area is 114 Å². The highest BCUT2D eigenvalue weighted by Crippen LogP contribution is 2.34. The lowest BCUT2D eigenvalue weighted by molar-refractivity contribution is -0.133. The summed E-state index contributed by atoms with van der Waals surface area (Å²) in [5.41, 5.74) is 0. The van der Waals surface area contributed by atoms with Crippen LogP contribution in [-0.4, -0.2) is 29.7 Å². The molecule has 1 aliphatic carbocycles. The first-order valence-electron chi connectivity index (χ1n) is 6.55. The average molecular weight is 290 g/mol. The minimum Gasteiger partial charge on any atom is -0.467 e. The number of alkyl halides is 3. The third kappa shape index (κ3) is 3.91. The van der Waals surface area contributed by atoms with Crippen LogP contribution in [0, 0.1) is 0 Å². The predicted molar refractivity (Wildman–Crippen MR) is 66.1 cm³/mol. The molecule has 4 nitrogen and oxygen atoms in total. The van der Waals surface area contributed by atoms with Crippen LogP contribution < -0.4 is 5.32 Å². The fourth-order valence-electron chi connectivity index (χ4n) is 2.08. The van der Waals surface area contributed by atoms with E-state index in [1.165, 1.54) is 6.26 Å². The molecule has 20 heavy (non-hydrogen) atoms. The molecule has 1 aromatic rings. The third-order valence-corrected chi connectivity index (χ3v) is 3.23. The summed E-state index contributed by atoms with van der Waals surface area (Å²) in [4.78, 5) is 13.6. The van der Waals surface area contributed by atoms with E-state index in [-0.39, 0.29) is 12.1 Å². The molecule has 2 amide bonds. The van der Waals surface area contributed by atoms with Gasteiger partial charge in [-0.05, 0) is 31.9 Å². The fraction of sp³-hybridized carbons (Fsp3) is 0.615. The van der Waals surface area contributed by atoms with Gasteiger partial charge in [0.25, 0.3) is 0 Å². The van der Waals surface area contributed by atoms with Gasteiger partial charge in [0, 0.05) is 12.6 Å². The second-order valence-corrected chi connectivity index (χ2v) is 4.93. The molecule has 0 saturated heterocycles. The molecular formula is C13H17F3N2O2. The van der Waals surface area contributed by atoms with E-state index >= 15 is 0 Å². The van der Waals surface area contributed by atoms with Gasteiger partial charge in [-0.2, -0.15) is 13.2 Å². The van der Waals surface area contributed by atoms with Crippen molar-refractivity contribution < 1.29 is 22.4 Å². The molecule has 0 bridgehead atoms. The minimum atomic E-state index is -4.26. The molecule has 1 aromatic heterocycles. The molecule has 1 fully saturated rings. The maximum absolute atomic E-state index is 12.1. The Balaban J connectivity index is 1.93. The zero-order valence-electron chi connectivity index (χ0n) is 11.1. The molecule has 0 unspecified atom stereocenters. The van der Waals surface area contributed by atoms with Gasteiger partial charge in [0.2, 0.25) is 0 Å². The van der Waals surface area contributed by atoms with E-state index < -0.39 is 25.2 Å². The monoisotopic (exact) mass is 290 g/mol. The number of hydrogen-bond donors (Lipinski definition) is 1. The highest BCUT2D eigenvalue weighted by molar-refractivity contribution is 5.75. The summed E-state index contributed by atoms with van der Waals surface area (Å²) >= 11 is 0. The van der Waals surface area contributed by atoms with Gasteiger partial charge in [0.05, 0.1) is 18.7 Å². The lowest BCUT2D eigenvalue weighted by atomic mass is 10.2. The number of carbonyl (C=O) groups excluding carboxylic acids is 1. The van der Waals surface area contributed by atoms with Crippen molar-refractivity contribution in [2.45, 2.75) is 44.4 Å². The van der Waals surface area contributed by atoms with Crippen molar-refractivity contribution in [1.29, 1.82) is 0 Å². The van der Waals surface area contributed by atoms with Crippen LogP contribution in [0.3, 0.4) is 0 Å². The molecule has 0 aliphatic heterocycles. The van der Waals surface area contributed by atoms with Gasteiger partial charge < -0.3 is 14.6 Å². The summed E-state index contributed by atoms with van der Waals surface area (Å²) in [5, 5.41) is 2.33. The topological polar surface area (TPSA) is 45.5 Å². The van der Waals surface area contributed by atoms with Crippen LogP contribution in [0.25, 0.3) is 0 Å². The summed E-state index contributed by atoms with van der Waals surface area (Å²) in [6.45, 7) is 1.40. The molecule has 2 rings (SSSR count). The lowest BCUT2D eigenvalue weighted by Crippen LogP contribution is -2.43. The molecule has 1 N–H and O–H groups in total. The van der Waals surface area contributed by atoms with E-state index in [1.54, 1.807) is 24.0 Å². The van der Waals surface area contributed by atoms with Gasteiger partial charge in [-0.15, -0.1) is 0 Å². The van der Waals surface area contributed by atoms with Gasteiger partial charge >= 0.3 is 12.2 Å². The van der Waals surface area contributed by atoms with Crippen molar-refractivity contribution in [3.05, 3.63) is 24.2 Å². The Bertz CT molecular complexity index is 441. The number of halogens is 3. The van der Waals surface area contributed by atoms with E-state index in [1.807, 2.05) is 0 Å². The second-order valence-electron chi connectivity index (χ2n) is 4.93. The number of furan rings is 1. The number of carbonyl (C=O) groups is 1. The van der Waals surface area contributed by atoms with Gasteiger partial charge in [0.1, 0.15) is 5.76 Å². The largest absolute Gasteiger partial charge is 0.467 e. The van der Waals surface area contributed by atoms with E-state index in [0.717, 1.165) is 12.8 Å². The van der Waals surface area contributed by atoms with E-state index in [4.69, 9.17) is 4.42 Å². The van der Waals surface area contributed by atoms with Gasteiger partial charge in [-0.25, -0.2) is 4.79 Å². The normalized spacial score (nSPS) is 16.8. The van der Waals surface area contributed by atoms with E-state index in [2.05, 4.69) is 5.32 Å². The molecular weight excluding hydrogens is 273 g/mol. The molecule has 1 saturated carbocycles. The van der Waals surface area contributed by atoms with E-state index in [0.29, 0.717) is 5.76 Å². The number of amides is 2. The molecule has 112 valence electrons. The van der Waals surface area contributed by atoms with Crippen LogP contribution in [0.15, 0.2) is 22.8 Å². The van der Waals surface area contributed by atoms with Crippen molar-refractivity contribution in [2.75, 3.05) is 6.54 Å². The number of rotatable bonds is 5. The quantitative estimate of drug-likeness (QED) is 0.902. The average Bonchev–Trinajstić information content (AvgIpc) is 3.01. The van der Waals surface area contributed by atoms with Crippen LogP contribution in [0.1, 0.15) is 38.0 Å². The Morgan fingerprint density at radius 2 is 2.25 bits per heavy atom. The smallest absolute Gasteiger partial charge is 0.390 e. The summed E-state index contributed by atoms with van der Waals surface area (Å²) in [6.07, 6.45) is -2.02. The van der Waals surface area contributed by atoms with Gasteiger partial charge in [0.15, 0.2) is 0 Å².